The zero-order chi connectivity index (χ0) is 12.3. The molecule has 1 aliphatic carbocycles. The van der Waals surface area contributed by atoms with Crippen LogP contribution in [0.1, 0.15) is 31.4 Å². The molecule has 0 radical (unpaired) electrons. The molecule has 2 rings (SSSR count). The SMILES string of the molecule is COc1cc(CNC2CCC(N)CC2)nn1C. The van der Waals surface area contributed by atoms with E-state index in [1.165, 1.54) is 12.8 Å². The smallest absolute Gasteiger partial charge is 0.211 e. The van der Waals surface area contributed by atoms with E-state index in [1.54, 1.807) is 11.8 Å². The van der Waals surface area contributed by atoms with E-state index in [0.29, 0.717) is 12.1 Å². The molecule has 0 aliphatic heterocycles. The standard InChI is InChI=1S/C12H22N4O/c1-16-12(17-2)7-11(15-16)8-14-10-5-3-9(13)4-6-10/h7,9-10,14H,3-6,8,13H2,1-2H3. The minimum absolute atomic E-state index is 0.406. The Morgan fingerprint density at radius 2 is 2.18 bits per heavy atom. The van der Waals surface area contributed by atoms with E-state index >= 15 is 0 Å². The molecule has 3 N–H and O–H groups in total. The number of aryl methyl sites for hydroxylation is 1. The fourth-order valence-electron chi connectivity index (χ4n) is 2.36. The summed E-state index contributed by atoms with van der Waals surface area (Å²) in [4.78, 5) is 0. The molecular formula is C12H22N4O. The van der Waals surface area contributed by atoms with Crippen LogP contribution in [-0.2, 0) is 13.6 Å². The number of nitrogens with one attached hydrogen (secondary N) is 1. The average molecular weight is 238 g/mol. The number of hydrogen-bond acceptors (Lipinski definition) is 4. The maximum atomic E-state index is 5.89. The van der Waals surface area contributed by atoms with Crippen molar-refractivity contribution in [2.24, 2.45) is 12.8 Å². The third kappa shape index (κ3) is 3.20. The summed E-state index contributed by atoms with van der Waals surface area (Å²) in [5.41, 5.74) is 6.91. The highest BCUT2D eigenvalue weighted by Crippen LogP contribution is 2.18. The summed E-state index contributed by atoms with van der Waals surface area (Å²) in [7, 11) is 3.55. The number of nitrogens with zero attached hydrogens (tertiary/aromatic N) is 2. The van der Waals surface area contributed by atoms with Gasteiger partial charge in [0.05, 0.1) is 12.8 Å². The number of methoxy groups -OCH3 is 1. The van der Waals surface area contributed by atoms with Crippen LogP contribution in [0, 0.1) is 0 Å². The van der Waals surface area contributed by atoms with Crippen molar-refractivity contribution in [1.82, 2.24) is 15.1 Å². The molecule has 1 heterocycles. The van der Waals surface area contributed by atoms with Crippen LogP contribution in [-0.4, -0.2) is 29.0 Å². The van der Waals surface area contributed by atoms with E-state index in [1.807, 2.05) is 13.1 Å². The number of aromatic nitrogens is 2. The van der Waals surface area contributed by atoms with Crippen LogP contribution in [0.5, 0.6) is 5.88 Å². The van der Waals surface area contributed by atoms with Crippen LogP contribution in [0.15, 0.2) is 6.07 Å². The molecule has 0 bridgehead atoms. The zero-order valence-electron chi connectivity index (χ0n) is 10.6. The normalized spacial score (nSPS) is 24.9. The molecule has 0 saturated heterocycles. The highest BCUT2D eigenvalue weighted by atomic mass is 16.5. The van der Waals surface area contributed by atoms with Gasteiger partial charge in [-0.3, -0.25) is 0 Å². The fraction of sp³-hybridized carbons (Fsp3) is 0.750. The van der Waals surface area contributed by atoms with Crippen molar-refractivity contribution in [2.45, 2.75) is 44.3 Å². The molecule has 0 atom stereocenters. The van der Waals surface area contributed by atoms with E-state index in [2.05, 4.69) is 10.4 Å². The van der Waals surface area contributed by atoms with Crippen LogP contribution in [0.4, 0.5) is 0 Å². The molecule has 1 aromatic rings. The number of hydrogen-bond donors (Lipinski definition) is 2. The first kappa shape index (κ1) is 12.4. The lowest BCUT2D eigenvalue weighted by molar-refractivity contribution is 0.340. The Balaban J connectivity index is 1.81. The Morgan fingerprint density at radius 1 is 1.47 bits per heavy atom. The summed E-state index contributed by atoms with van der Waals surface area (Å²) in [6.45, 7) is 0.803. The second-order valence-electron chi connectivity index (χ2n) is 4.79. The summed E-state index contributed by atoms with van der Waals surface area (Å²) < 4.78 is 6.95. The first-order valence-corrected chi connectivity index (χ1v) is 6.25. The van der Waals surface area contributed by atoms with Crippen molar-refractivity contribution >= 4 is 0 Å². The van der Waals surface area contributed by atoms with Gasteiger partial charge >= 0.3 is 0 Å². The van der Waals surface area contributed by atoms with Crippen LogP contribution >= 0.6 is 0 Å². The molecule has 5 heteroatoms. The molecule has 1 aromatic heterocycles. The summed E-state index contributed by atoms with van der Waals surface area (Å²) in [5.74, 6) is 0.799. The Morgan fingerprint density at radius 3 is 2.76 bits per heavy atom. The van der Waals surface area contributed by atoms with Gasteiger partial charge in [0.2, 0.25) is 5.88 Å². The Labute approximate surface area is 102 Å². The second-order valence-corrected chi connectivity index (χ2v) is 4.79. The summed E-state index contributed by atoms with van der Waals surface area (Å²) in [6, 6.07) is 2.97. The number of ether oxygens (including phenoxy) is 1. The van der Waals surface area contributed by atoms with E-state index in [-0.39, 0.29) is 0 Å². The second kappa shape index (κ2) is 5.51. The van der Waals surface area contributed by atoms with Crippen LogP contribution in [0.3, 0.4) is 0 Å². The summed E-state index contributed by atoms with van der Waals surface area (Å²) >= 11 is 0. The first-order valence-electron chi connectivity index (χ1n) is 6.25. The highest BCUT2D eigenvalue weighted by molar-refractivity contribution is 5.15. The molecule has 5 nitrogen and oxygen atoms in total. The van der Waals surface area contributed by atoms with Crippen molar-refractivity contribution in [1.29, 1.82) is 0 Å². The topological polar surface area (TPSA) is 65.1 Å². The van der Waals surface area contributed by atoms with Gasteiger partial charge in [-0.1, -0.05) is 0 Å². The van der Waals surface area contributed by atoms with Gasteiger partial charge in [-0.15, -0.1) is 0 Å². The van der Waals surface area contributed by atoms with Crippen LogP contribution in [0.2, 0.25) is 0 Å². The minimum Gasteiger partial charge on any atom is -0.481 e. The molecule has 1 aliphatic rings. The maximum absolute atomic E-state index is 5.89. The summed E-state index contributed by atoms with van der Waals surface area (Å²) in [6.07, 6.45) is 4.60. The molecule has 96 valence electrons. The van der Waals surface area contributed by atoms with Gasteiger partial charge in [-0.2, -0.15) is 5.10 Å². The Bertz CT molecular complexity index is 355. The van der Waals surface area contributed by atoms with Crippen LogP contribution in [0.25, 0.3) is 0 Å². The Kier molecular flexibility index (Phi) is 4.02. The number of nitrogens with two attached hydrogens (primary N) is 1. The number of rotatable bonds is 4. The molecule has 0 amide bonds. The molecule has 1 saturated carbocycles. The van der Waals surface area contributed by atoms with Crippen molar-refractivity contribution in [3.8, 4) is 5.88 Å². The molecule has 1 fully saturated rings. The molecule has 0 spiro atoms. The van der Waals surface area contributed by atoms with E-state index < -0.39 is 0 Å². The lowest BCUT2D eigenvalue weighted by Gasteiger charge is -2.26. The largest absolute Gasteiger partial charge is 0.481 e. The molecule has 17 heavy (non-hydrogen) atoms. The molecular weight excluding hydrogens is 216 g/mol. The van der Waals surface area contributed by atoms with Crippen molar-refractivity contribution < 1.29 is 4.74 Å². The third-order valence-electron chi connectivity index (χ3n) is 3.44. The predicted octanol–water partition coefficient (Wildman–Crippen LogP) is 0.788. The van der Waals surface area contributed by atoms with Crippen LogP contribution < -0.4 is 15.8 Å². The first-order chi connectivity index (χ1) is 8.19. The Hall–Kier alpha value is -1.07. The van der Waals surface area contributed by atoms with Gasteiger partial charge in [0.1, 0.15) is 0 Å². The zero-order valence-corrected chi connectivity index (χ0v) is 10.6. The predicted molar refractivity (Wildman–Crippen MR) is 66.8 cm³/mol. The quantitative estimate of drug-likeness (QED) is 0.814. The van der Waals surface area contributed by atoms with Crippen molar-refractivity contribution in [2.75, 3.05) is 7.11 Å². The highest BCUT2D eigenvalue weighted by Gasteiger charge is 2.18. The van der Waals surface area contributed by atoms with E-state index in [0.717, 1.165) is 31.0 Å². The van der Waals surface area contributed by atoms with Gasteiger partial charge in [0, 0.05) is 31.7 Å². The van der Waals surface area contributed by atoms with Gasteiger partial charge in [0.15, 0.2) is 0 Å². The lowest BCUT2D eigenvalue weighted by atomic mass is 9.92. The molecule has 0 unspecified atom stereocenters. The van der Waals surface area contributed by atoms with E-state index in [4.69, 9.17) is 10.5 Å². The van der Waals surface area contributed by atoms with Crippen molar-refractivity contribution in [3.05, 3.63) is 11.8 Å². The maximum Gasteiger partial charge on any atom is 0.211 e. The van der Waals surface area contributed by atoms with Gasteiger partial charge in [-0.05, 0) is 25.7 Å². The van der Waals surface area contributed by atoms with E-state index in [9.17, 15) is 0 Å². The van der Waals surface area contributed by atoms with Crippen molar-refractivity contribution in [3.63, 3.8) is 0 Å². The third-order valence-corrected chi connectivity index (χ3v) is 3.44. The lowest BCUT2D eigenvalue weighted by Crippen LogP contribution is -2.37. The van der Waals surface area contributed by atoms with Gasteiger partial charge in [-0.25, -0.2) is 4.68 Å². The van der Waals surface area contributed by atoms with Gasteiger partial charge in [0.25, 0.3) is 0 Å². The van der Waals surface area contributed by atoms with Gasteiger partial charge < -0.3 is 15.8 Å². The summed E-state index contributed by atoms with van der Waals surface area (Å²) in [5, 5.41) is 7.92. The average Bonchev–Trinajstić information content (AvgIpc) is 2.69. The minimum atomic E-state index is 0.406. The monoisotopic (exact) mass is 238 g/mol. The fourth-order valence-corrected chi connectivity index (χ4v) is 2.36. The molecule has 0 aromatic carbocycles.